The van der Waals surface area contributed by atoms with Crippen LogP contribution in [0.4, 0.5) is 20.0 Å². The van der Waals surface area contributed by atoms with Crippen molar-refractivity contribution < 1.29 is 9.18 Å². The van der Waals surface area contributed by atoms with Gasteiger partial charge in [-0.15, -0.1) is 0 Å². The summed E-state index contributed by atoms with van der Waals surface area (Å²) in [6.07, 6.45) is 1.53. The van der Waals surface area contributed by atoms with Crippen molar-refractivity contribution in [1.29, 1.82) is 0 Å². The molecule has 1 aromatic heterocycles. The monoisotopic (exact) mass is 459 g/mol. The number of rotatable bonds is 4. The Bertz CT molecular complexity index is 1060. The Morgan fingerprint density at radius 3 is 2.74 bits per heavy atom. The van der Waals surface area contributed by atoms with Gasteiger partial charge in [0.1, 0.15) is 11.6 Å². The fourth-order valence-electron chi connectivity index (χ4n) is 3.42. The van der Waals surface area contributed by atoms with Gasteiger partial charge in [-0.25, -0.2) is 14.2 Å². The average molecular weight is 460 g/mol. The number of hydrogen-bond donors (Lipinski definition) is 1. The smallest absolute Gasteiger partial charge is 0.321 e. The van der Waals surface area contributed by atoms with Crippen LogP contribution in [-0.2, 0) is 6.42 Å². The number of halogens is 2. The predicted octanol–water partition coefficient (Wildman–Crippen LogP) is 4.97. The molecule has 0 unspecified atom stereocenters. The topological polar surface area (TPSA) is 61.4 Å². The van der Waals surface area contributed by atoms with Gasteiger partial charge in [0.05, 0.1) is 5.02 Å². The van der Waals surface area contributed by atoms with Crippen molar-refractivity contribution >= 4 is 40.0 Å². The van der Waals surface area contributed by atoms with E-state index in [9.17, 15) is 9.18 Å². The molecule has 3 aromatic rings. The number of aryl methyl sites for hydroxylation is 1. The highest BCUT2D eigenvalue weighted by atomic mass is 35.5. The van der Waals surface area contributed by atoms with Gasteiger partial charge >= 0.3 is 6.03 Å². The van der Waals surface area contributed by atoms with Crippen LogP contribution in [0.2, 0.25) is 5.02 Å². The van der Waals surface area contributed by atoms with E-state index in [1.807, 2.05) is 0 Å². The molecule has 0 saturated carbocycles. The average Bonchev–Trinajstić information content (AvgIpc) is 3.07. The van der Waals surface area contributed by atoms with E-state index in [0.717, 1.165) is 23.9 Å². The molecule has 1 aliphatic heterocycles. The number of nitrogens with zero attached hydrogens (tertiary/aromatic N) is 4. The maximum Gasteiger partial charge on any atom is 0.321 e. The van der Waals surface area contributed by atoms with E-state index in [1.165, 1.54) is 40.9 Å². The van der Waals surface area contributed by atoms with Crippen LogP contribution in [0.3, 0.4) is 0 Å². The van der Waals surface area contributed by atoms with Crippen molar-refractivity contribution in [3.05, 3.63) is 70.3 Å². The zero-order valence-electron chi connectivity index (χ0n) is 17.1. The van der Waals surface area contributed by atoms with E-state index in [2.05, 4.69) is 45.8 Å². The van der Waals surface area contributed by atoms with E-state index in [1.54, 1.807) is 4.90 Å². The third-order valence-corrected chi connectivity index (χ3v) is 6.27. The summed E-state index contributed by atoms with van der Waals surface area (Å²) in [5, 5.41) is 3.66. The van der Waals surface area contributed by atoms with Crippen molar-refractivity contribution in [3.8, 4) is 0 Å². The van der Waals surface area contributed by atoms with Crippen LogP contribution in [0.15, 0.2) is 42.5 Å². The van der Waals surface area contributed by atoms with Gasteiger partial charge in [0, 0.05) is 49.8 Å². The van der Waals surface area contributed by atoms with Gasteiger partial charge in [0.25, 0.3) is 0 Å². The fourth-order valence-corrected chi connectivity index (χ4v) is 4.34. The summed E-state index contributed by atoms with van der Waals surface area (Å²) in [7, 11) is 0. The molecule has 0 aliphatic carbocycles. The van der Waals surface area contributed by atoms with Crippen molar-refractivity contribution in [3.63, 3.8) is 0 Å². The summed E-state index contributed by atoms with van der Waals surface area (Å²) >= 11 is 7.20. The van der Waals surface area contributed by atoms with Crippen molar-refractivity contribution in [2.24, 2.45) is 0 Å². The van der Waals surface area contributed by atoms with Crippen LogP contribution >= 0.6 is 23.1 Å². The highest BCUT2D eigenvalue weighted by Crippen LogP contribution is 2.22. The van der Waals surface area contributed by atoms with Crippen LogP contribution < -0.4 is 10.2 Å². The lowest BCUT2D eigenvalue weighted by atomic mass is 10.1. The summed E-state index contributed by atoms with van der Waals surface area (Å²) in [6.45, 7) is 4.75. The van der Waals surface area contributed by atoms with Crippen LogP contribution in [-0.4, -0.2) is 46.5 Å². The van der Waals surface area contributed by atoms with Crippen LogP contribution in [0, 0.1) is 12.7 Å². The molecule has 31 heavy (non-hydrogen) atoms. The Morgan fingerprint density at radius 2 is 1.97 bits per heavy atom. The van der Waals surface area contributed by atoms with Crippen molar-refractivity contribution in [2.45, 2.75) is 19.8 Å². The Morgan fingerprint density at radius 1 is 1.16 bits per heavy atom. The number of hydrogen-bond acceptors (Lipinski definition) is 5. The molecule has 1 fully saturated rings. The number of anilines is 2. The first-order valence-electron chi connectivity index (χ1n) is 10.1. The van der Waals surface area contributed by atoms with Crippen LogP contribution in [0.1, 0.15) is 23.4 Å². The molecule has 2 aromatic carbocycles. The van der Waals surface area contributed by atoms with Crippen molar-refractivity contribution in [2.75, 3.05) is 36.4 Å². The molecule has 0 radical (unpaired) electrons. The summed E-state index contributed by atoms with van der Waals surface area (Å²) in [5.74, 6) is 0.305. The molecule has 9 heteroatoms. The summed E-state index contributed by atoms with van der Waals surface area (Å²) in [4.78, 5) is 21.3. The summed E-state index contributed by atoms with van der Waals surface area (Å²) in [6, 6.07) is 12.3. The Kier molecular flexibility index (Phi) is 6.67. The fraction of sp³-hybridized carbons (Fsp3) is 0.318. The van der Waals surface area contributed by atoms with Gasteiger partial charge < -0.3 is 15.1 Å². The second-order valence-corrected chi connectivity index (χ2v) is 8.68. The molecular formula is C22H23ClFN5OS. The summed E-state index contributed by atoms with van der Waals surface area (Å²) in [5.41, 5.74) is 2.90. The zero-order valence-corrected chi connectivity index (χ0v) is 18.7. The molecule has 1 N–H and O–H groups in total. The van der Waals surface area contributed by atoms with Crippen molar-refractivity contribution in [1.82, 2.24) is 14.3 Å². The first-order chi connectivity index (χ1) is 15.0. The third kappa shape index (κ3) is 5.51. The number of carbonyl (C=O) groups is 1. The first kappa shape index (κ1) is 21.5. The first-order valence-corrected chi connectivity index (χ1v) is 11.3. The zero-order chi connectivity index (χ0) is 21.8. The van der Waals surface area contributed by atoms with Crippen LogP contribution in [0.5, 0.6) is 0 Å². The number of aromatic nitrogens is 2. The second-order valence-electron chi connectivity index (χ2n) is 7.54. The van der Waals surface area contributed by atoms with E-state index < -0.39 is 5.82 Å². The lowest BCUT2D eigenvalue weighted by Gasteiger charge is -2.22. The van der Waals surface area contributed by atoms with Gasteiger partial charge in [-0.1, -0.05) is 41.4 Å². The minimum absolute atomic E-state index is 0.0162. The highest BCUT2D eigenvalue weighted by Gasteiger charge is 2.21. The normalized spacial score (nSPS) is 14.4. The minimum atomic E-state index is -0.510. The maximum atomic E-state index is 13.3. The van der Waals surface area contributed by atoms with E-state index in [0.29, 0.717) is 31.7 Å². The predicted molar refractivity (Wildman–Crippen MR) is 123 cm³/mol. The van der Waals surface area contributed by atoms with Gasteiger partial charge in [0.2, 0.25) is 5.13 Å². The molecule has 2 amide bonds. The quantitative estimate of drug-likeness (QED) is 0.598. The Labute approximate surface area is 189 Å². The molecule has 2 heterocycles. The van der Waals surface area contributed by atoms with Gasteiger partial charge in [-0.3, -0.25) is 0 Å². The Balaban J connectivity index is 1.34. The molecule has 4 rings (SSSR count). The summed E-state index contributed by atoms with van der Waals surface area (Å²) < 4.78 is 17.8. The van der Waals surface area contributed by atoms with E-state index >= 15 is 0 Å². The molecule has 162 valence electrons. The molecule has 1 saturated heterocycles. The maximum absolute atomic E-state index is 13.3. The van der Waals surface area contributed by atoms with E-state index in [-0.39, 0.29) is 11.1 Å². The lowest BCUT2D eigenvalue weighted by Crippen LogP contribution is -2.38. The number of carbonyl (C=O) groups excluding carboxylic acids is 1. The molecule has 1 aliphatic rings. The number of benzene rings is 2. The number of urea groups is 1. The molecule has 6 nitrogen and oxygen atoms in total. The molecular weight excluding hydrogens is 437 g/mol. The van der Waals surface area contributed by atoms with Gasteiger partial charge in [0.15, 0.2) is 0 Å². The Hall–Kier alpha value is -2.71. The standard InChI is InChI=1S/C22H23ClFN5OS/c1-15-3-5-16(6-4-15)13-20-26-22(31-27-20)29-10-2-9-28(11-12-29)21(30)25-17-7-8-19(24)18(23)14-17/h3-8,14H,2,9-13H2,1H3,(H,25,30). The minimum Gasteiger partial charge on any atom is -0.345 e. The second kappa shape index (κ2) is 9.62. The third-order valence-electron chi connectivity index (χ3n) is 5.16. The lowest BCUT2D eigenvalue weighted by molar-refractivity contribution is 0.215. The van der Waals surface area contributed by atoms with Gasteiger partial charge in [-0.2, -0.15) is 4.37 Å². The SMILES string of the molecule is Cc1ccc(Cc2nsc(N3CCCN(C(=O)Nc4ccc(F)c(Cl)c4)CC3)n2)cc1. The molecule has 0 spiro atoms. The highest BCUT2D eigenvalue weighted by molar-refractivity contribution is 7.09. The van der Waals surface area contributed by atoms with Gasteiger partial charge in [-0.05, 0) is 37.1 Å². The largest absolute Gasteiger partial charge is 0.345 e. The molecule has 0 atom stereocenters. The number of amides is 2. The molecule has 0 bridgehead atoms. The van der Waals surface area contributed by atoms with Crippen LogP contribution in [0.25, 0.3) is 0 Å². The number of nitrogens with one attached hydrogen (secondary N) is 1. The van der Waals surface area contributed by atoms with E-state index in [4.69, 9.17) is 16.6 Å².